The van der Waals surface area contributed by atoms with Crippen molar-refractivity contribution < 1.29 is 43.9 Å². The molecule has 0 unspecified atom stereocenters. The Bertz CT molecular complexity index is 1770. The van der Waals surface area contributed by atoms with Crippen LogP contribution < -0.4 is 5.43 Å². The molecule has 0 aliphatic carbocycles. The van der Waals surface area contributed by atoms with Gasteiger partial charge in [0.1, 0.15) is 34.0 Å². The number of phenols is 4. The van der Waals surface area contributed by atoms with Crippen LogP contribution in [0.25, 0.3) is 33.6 Å². The average molecular weight is 530 g/mol. The minimum Gasteiger partial charge on any atom is -0.507 e. The number of carbonyl (C=O) groups is 1. The molecule has 10 nitrogen and oxygen atoms in total. The van der Waals surface area contributed by atoms with Crippen molar-refractivity contribution in [1.29, 1.82) is 0 Å². The highest BCUT2D eigenvalue weighted by atomic mass is 16.5. The van der Waals surface area contributed by atoms with Crippen LogP contribution in [0.2, 0.25) is 0 Å². The third kappa shape index (κ3) is 4.48. The molecule has 0 bridgehead atoms. The van der Waals surface area contributed by atoms with Crippen molar-refractivity contribution in [1.82, 2.24) is 0 Å². The molecule has 198 valence electrons. The summed E-state index contributed by atoms with van der Waals surface area (Å²) < 4.78 is 16.8. The van der Waals surface area contributed by atoms with Crippen molar-refractivity contribution >= 4 is 16.9 Å². The van der Waals surface area contributed by atoms with E-state index in [2.05, 4.69) is 0 Å². The first-order valence-electron chi connectivity index (χ1n) is 11.7. The molecule has 5 rings (SSSR count). The standard InChI is InChI=1S/C29H22O10/c1-37-23(34)12-16(22-10-9-21(38-22)14-5-3-2-4-6-14)24-19(32)13-20(33)25-26(35)27(36)28(39-29(24)25)15-7-8-17(30)18(31)11-15/h2-11,13,16,30-33,36H,12H2,1H3/t16-/m0/s1. The molecule has 39 heavy (non-hydrogen) atoms. The van der Waals surface area contributed by atoms with Crippen molar-refractivity contribution in [3.05, 3.63) is 88.3 Å². The fourth-order valence-electron chi connectivity index (χ4n) is 4.43. The van der Waals surface area contributed by atoms with E-state index in [0.717, 1.165) is 23.8 Å². The fourth-order valence-corrected chi connectivity index (χ4v) is 4.43. The Morgan fingerprint density at radius 3 is 2.26 bits per heavy atom. The van der Waals surface area contributed by atoms with E-state index in [9.17, 15) is 35.1 Å². The van der Waals surface area contributed by atoms with E-state index in [1.165, 1.54) is 13.2 Å². The van der Waals surface area contributed by atoms with Crippen LogP contribution in [0.1, 0.15) is 23.7 Å². The summed E-state index contributed by atoms with van der Waals surface area (Å²) >= 11 is 0. The van der Waals surface area contributed by atoms with Gasteiger partial charge in [-0.05, 0) is 30.3 Å². The highest BCUT2D eigenvalue weighted by Crippen LogP contribution is 2.45. The van der Waals surface area contributed by atoms with Crippen LogP contribution in [-0.2, 0) is 9.53 Å². The van der Waals surface area contributed by atoms with Crippen molar-refractivity contribution in [2.75, 3.05) is 7.11 Å². The maximum absolute atomic E-state index is 13.2. The highest BCUT2D eigenvalue weighted by molar-refractivity contribution is 5.92. The maximum atomic E-state index is 13.2. The average Bonchev–Trinajstić information content (AvgIpc) is 3.42. The molecule has 0 amide bonds. The number of hydrogen-bond acceptors (Lipinski definition) is 10. The molecule has 0 radical (unpaired) electrons. The number of fused-ring (bicyclic) bond motifs is 1. The van der Waals surface area contributed by atoms with Gasteiger partial charge in [0.25, 0.3) is 0 Å². The zero-order valence-corrected chi connectivity index (χ0v) is 20.4. The van der Waals surface area contributed by atoms with E-state index in [0.29, 0.717) is 5.76 Å². The van der Waals surface area contributed by atoms with Gasteiger partial charge in [0.15, 0.2) is 17.3 Å². The highest BCUT2D eigenvalue weighted by Gasteiger charge is 2.31. The van der Waals surface area contributed by atoms with Gasteiger partial charge in [-0.15, -0.1) is 0 Å². The molecule has 5 N–H and O–H groups in total. The summed E-state index contributed by atoms with van der Waals surface area (Å²) in [5, 5.41) is 51.3. The Morgan fingerprint density at radius 2 is 1.56 bits per heavy atom. The molecule has 0 saturated carbocycles. The van der Waals surface area contributed by atoms with Crippen LogP contribution in [0, 0.1) is 0 Å². The van der Waals surface area contributed by atoms with Crippen molar-refractivity contribution in [2.45, 2.75) is 12.3 Å². The third-order valence-electron chi connectivity index (χ3n) is 6.35. The summed E-state index contributed by atoms with van der Waals surface area (Å²) in [5.41, 5.74) is -0.664. The van der Waals surface area contributed by atoms with Crippen LogP contribution in [0.4, 0.5) is 0 Å². The minimum absolute atomic E-state index is 0.0180. The zero-order chi connectivity index (χ0) is 27.8. The lowest BCUT2D eigenvalue weighted by Gasteiger charge is -2.18. The number of furan rings is 1. The van der Waals surface area contributed by atoms with E-state index < -0.39 is 57.2 Å². The number of phenolic OH excluding ortho intramolecular Hbond substituents is 4. The second-order valence-corrected chi connectivity index (χ2v) is 8.75. The normalized spacial score (nSPS) is 11.9. The smallest absolute Gasteiger partial charge is 0.306 e. The first-order valence-corrected chi connectivity index (χ1v) is 11.7. The van der Waals surface area contributed by atoms with Gasteiger partial charge in [0.05, 0.1) is 19.4 Å². The van der Waals surface area contributed by atoms with Crippen LogP contribution in [0.15, 0.2) is 80.4 Å². The number of benzene rings is 3. The molecule has 2 aromatic heterocycles. The lowest BCUT2D eigenvalue weighted by Crippen LogP contribution is -2.12. The molecule has 1 atom stereocenters. The predicted octanol–water partition coefficient (Wildman–Crippen LogP) is 4.94. The molecule has 0 aliphatic heterocycles. The minimum atomic E-state index is -1.05. The molecule has 0 aliphatic rings. The third-order valence-corrected chi connectivity index (χ3v) is 6.35. The number of aromatic hydroxyl groups is 5. The summed E-state index contributed by atoms with van der Waals surface area (Å²) in [6.07, 6.45) is -0.342. The summed E-state index contributed by atoms with van der Waals surface area (Å²) in [7, 11) is 1.19. The van der Waals surface area contributed by atoms with Gasteiger partial charge in [0.2, 0.25) is 11.2 Å². The monoisotopic (exact) mass is 530 g/mol. The Kier molecular flexibility index (Phi) is 6.37. The number of methoxy groups -OCH3 is 1. The molecule has 0 saturated heterocycles. The molecular weight excluding hydrogens is 508 g/mol. The Hall–Kier alpha value is -5.38. The van der Waals surface area contributed by atoms with Crippen molar-refractivity contribution in [3.8, 4) is 51.4 Å². The lowest BCUT2D eigenvalue weighted by molar-refractivity contribution is -0.140. The van der Waals surface area contributed by atoms with Crippen molar-refractivity contribution in [2.24, 2.45) is 0 Å². The molecule has 0 spiro atoms. The van der Waals surface area contributed by atoms with Gasteiger partial charge in [-0.2, -0.15) is 0 Å². The van der Waals surface area contributed by atoms with E-state index in [-0.39, 0.29) is 28.9 Å². The predicted molar refractivity (Wildman–Crippen MR) is 139 cm³/mol. The van der Waals surface area contributed by atoms with Gasteiger partial charge in [0, 0.05) is 22.8 Å². The Labute approximate surface area is 220 Å². The van der Waals surface area contributed by atoms with E-state index in [4.69, 9.17) is 13.6 Å². The molecule has 5 aromatic rings. The molecule has 3 aromatic carbocycles. The molecular formula is C29H22O10. The number of rotatable bonds is 6. The SMILES string of the molecule is COC(=O)C[C@@H](c1ccc(-c2ccccc2)o1)c1c(O)cc(O)c2c(=O)c(O)c(-c3ccc(O)c(O)c3)oc12. The van der Waals surface area contributed by atoms with Gasteiger partial charge < -0.3 is 39.1 Å². The van der Waals surface area contributed by atoms with Gasteiger partial charge in [-0.25, -0.2) is 0 Å². The zero-order valence-electron chi connectivity index (χ0n) is 20.4. The topological polar surface area (TPSA) is 171 Å². The Morgan fingerprint density at radius 1 is 0.821 bits per heavy atom. The van der Waals surface area contributed by atoms with Gasteiger partial charge in [-0.1, -0.05) is 30.3 Å². The largest absolute Gasteiger partial charge is 0.507 e. The molecule has 0 fully saturated rings. The van der Waals surface area contributed by atoms with Gasteiger partial charge >= 0.3 is 5.97 Å². The molecule has 2 heterocycles. The van der Waals surface area contributed by atoms with Crippen LogP contribution in [0.5, 0.6) is 28.7 Å². The fraction of sp³-hybridized carbons (Fsp3) is 0.103. The maximum Gasteiger partial charge on any atom is 0.306 e. The van der Waals surface area contributed by atoms with Crippen LogP contribution in [-0.4, -0.2) is 38.6 Å². The van der Waals surface area contributed by atoms with E-state index in [1.54, 1.807) is 12.1 Å². The van der Waals surface area contributed by atoms with E-state index >= 15 is 0 Å². The lowest BCUT2D eigenvalue weighted by atomic mass is 9.90. The second kappa shape index (κ2) is 9.82. The first-order chi connectivity index (χ1) is 18.7. The number of esters is 1. The van der Waals surface area contributed by atoms with E-state index in [1.807, 2.05) is 30.3 Å². The summed E-state index contributed by atoms with van der Waals surface area (Å²) in [5.74, 6) is -4.47. The number of hydrogen-bond donors (Lipinski definition) is 5. The van der Waals surface area contributed by atoms with Crippen LogP contribution in [0.3, 0.4) is 0 Å². The van der Waals surface area contributed by atoms with Crippen molar-refractivity contribution in [3.63, 3.8) is 0 Å². The Balaban J connectivity index is 1.78. The summed E-state index contributed by atoms with van der Waals surface area (Å²) in [4.78, 5) is 25.7. The summed E-state index contributed by atoms with van der Waals surface area (Å²) in [6.45, 7) is 0. The number of carbonyl (C=O) groups excluding carboxylic acids is 1. The first kappa shape index (κ1) is 25.3. The number of ether oxygens (including phenoxy) is 1. The second-order valence-electron chi connectivity index (χ2n) is 8.75. The quantitative estimate of drug-likeness (QED) is 0.150. The summed E-state index contributed by atoms with van der Waals surface area (Å²) in [6, 6.07) is 16.8. The molecule has 10 heteroatoms. The van der Waals surface area contributed by atoms with Gasteiger partial charge in [-0.3, -0.25) is 9.59 Å². The van der Waals surface area contributed by atoms with Crippen LogP contribution >= 0.6 is 0 Å².